The summed E-state index contributed by atoms with van der Waals surface area (Å²) in [4.78, 5) is 27.3. The zero-order valence-electron chi connectivity index (χ0n) is 13.7. The maximum absolute atomic E-state index is 12.2. The number of amides is 1. The van der Waals surface area contributed by atoms with Gasteiger partial charge in [0.2, 0.25) is 11.7 Å². The molecule has 2 aliphatic rings. The lowest BCUT2D eigenvalue weighted by Crippen LogP contribution is -2.36. The van der Waals surface area contributed by atoms with E-state index >= 15 is 0 Å². The number of rotatable bonds is 4. The van der Waals surface area contributed by atoms with Crippen LogP contribution >= 0.6 is 0 Å². The van der Waals surface area contributed by atoms with E-state index in [0.29, 0.717) is 37.6 Å². The second-order valence-corrected chi connectivity index (χ2v) is 6.29. The van der Waals surface area contributed by atoms with E-state index in [1.165, 1.54) is 0 Å². The third-order valence-corrected chi connectivity index (χ3v) is 4.61. The Bertz CT molecular complexity index is 623. The van der Waals surface area contributed by atoms with Gasteiger partial charge in [0.15, 0.2) is 0 Å². The lowest BCUT2D eigenvalue weighted by molar-refractivity contribution is -0.384. The first kappa shape index (κ1) is 15.8. The van der Waals surface area contributed by atoms with Gasteiger partial charge in [-0.1, -0.05) is 6.92 Å². The van der Waals surface area contributed by atoms with Crippen molar-refractivity contribution in [1.82, 2.24) is 14.7 Å². The van der Waals surface area contributed by atoms with Crippen molar-refractivity contribution in [3.8, 4) is 0 Å². The predicted molar refractivity (Wildman–Crippen MR) is 85.4 cm³/mol. The highest BCUT2D eigenvalue weighted by molar-refractivity contribution is 5.81. The van der Waals surface area contributed by atoms with Gasteiger partial charge in [0.05, 0.1) is 4.92 Å². The maximum Gasteiger partial charge on any atom is 0.334 e. The third kappa shape index (κ3) is 3.02. The second kappa shape index (κ2) is 6.17. The number of hydrogen-bond acceptors (Lipinski definition) is 5. The van der Waals surface area contributed by atoms with Crippen molar-refractivity contribution in [2.75, 3.05) is 31.1 Å². The Kier molecular flexibility index (Phi) is 4.23. The molecule has 23 heavy (non-hydrogen) atoms. The fourth-order valence-electron chi connectivity index (χ4n) is 3.28. The number of aromatic nitrogens is 2. The highest BCUT2D eigenvalue weighted by Gasteiger charge is 2.35. The molecule has 1 aromatic rings. The van der Waals surface area contributed by atoms with Gasteiger partial charge >= 0.3 is 5.69 Å². The zero-order chi connectivity index (χ0) is 16.6. The Morgan fingerprint density at radius 1 is 1.30 bits per heavy atom. The van der Waals surface area contributed by atoms with Crippen molar-refractivity contribution < 1.29 is 9.72 Å². The number of carbonyl (C=O) groups excluding carboxylic acids is 1. The fourth-order valence-corrected chi connectivity index (χ4v) is 3.28. The molecule has 0 aromatic carbocycles. The van der Waals surface area contributed by atoms with E-state index in [-0.39, 0.29) is 22.4 Å². The Labute approximate surface area is 135 Å². The summed E-state index contributed by atoms with van der Waals surface area (Å²) in [5.74, 6) is 1.03. The van der Waals surface area contributed by atoms with Gasteiger partial charge in [-0.15, -0.1) is 0 Å². The number of hydrogen-bond donors (Lipinski definition) is 0. The summed E-state index contributed by atoms with van der Waals surface area (Å²) >= 11 is 0. The smallest absolute Gasteiger partial charge is 0.334 e. The Hall–Kier alpha value is -2.12. The van der Waals surface area contributed by atoms with Gasteiger partial charge < -0.3 is 9.80 Å². The van der Waals surface area contributed by atoms with E-state index in [2.05, 4.69) is 5.10 Å². The van der Waals surface area contributed by atoms with Crippen LogP contribution in [0, 0.1) is 16.0 Å². The van der Waals surface area contributed by atoms with Gasteiger partial charge in [0.1, 0.15) is 5.69 Å². The molecule has 0 radical (unpaired) electrons. The summed E-state index contributed by atoms with van der Waals surface area (Å²) in [5, 5.41) is 15.8. The van der Waals surface area contributed by atoms with Gasteiger partial charge in [-0.05, 0) is 25.7 Å². The standard InChI is InChI=1S/C15H23N5O3/c1-3-12-13(20(22)23)14(17(2)16-12)18-7-4-8-19(10-9-18)15(21)11-5-6-11/h11H,3-10H2,1-2H3. The lowest BCUT2D eigenvalue weighted by atomic mass is 10.2. The molecular formula is C15H23N5O3. The van der Waals surface area contributed by atoms with Crippen molar-refractivity contribution in [3.63, 3.8) is 0 Å². The number of carbonyl (C=O) groups is 1. The van der Waals surface area contributed by atoms with E-state index in [4.69, 9.17) is 0 Å². The van der Waals surface area contributed by atoms with E-state index in [0.717, 1.165) is 25.8 Å². The highest BCUT2D eigenvalue weighted by Crippen LogP contribution is 2.34. The Morgan fingerprint density at radius 2 is 2.04 bits per heavy atom. The molecule has 0 bridgehead atoms. The number of nitro groups is 1. The van der Waals surface area contributed by atoms with Gasteiger partial charge in [-0.25, -0.2) is 4.68 Å². The fraction of sp³-hybridized carbons (Fsp3) is 0.733. The molecule has 0 N–H and O–H groups in total. The minimum absolute atomic E-state index is 0.108. The van der Waals surface area contributed by atoms with E-state index in [9.17, 15) is 14.9 Å². The molecule has 8 heteroatoms. The molecule has 1 aromatic heterocycles. The number of anilines is 1. The molecule has 126 valence electrons. The first-order chi connectivity index (χ1) is 11.0. The van der Waals surface area contributed by atoms with Crippen molar-refractivity contribution >= 4 is 17.4 Å². The molecule has 1 saturated heterocycles. The molecule has 2 fully saturated rings. The van der Waals surface area contributed by atoms with Crippen LogP contribution in [-0.4, -0.2) is 51.7 Å². The quantitative estimate of drug-likeness (QED) is 0.617. The molecule has 3 rings (SSSR count). The zero-order valence-corrected chi connectivity index (χ0v) is 13.7. The molecule has 0 atom stereocenters. The molecule has 1 aliphatic carbocycles. The average molecular weight is 321 g/mol. The number of nitrogens with zero attached hydrogens (tertiary/aromatic N) is 5. The van der Waals surface area contributed by atoms with E-state index in [1.54, 1.807) is 11.7 Å². The summed E-state index contributed by atoms with van der Waals surface area (Å²) < 4.78 is 1.61. The van der Waals surface area contributed by atoms with Crippen molar-refractivity contribution in [2.24, 2.45) is 13.0 Å². The summed E-state index contributed by atoms with van der Waals surface area (Å²) in [5.41, 5.74) is 0.625. The molecule has 8 nitrogen and oxygen atoms in total. The van der Waals surface area contributed by atoms with Crippen LogP contribution in [-0.2, 0) is 18.3 Å². The van der Waals surface area contributed by atoms with Gasteiger partial charge in [-0.2, -0.15) is 5.10 Å². The highest BCUT2D eigenvalue weighted by atomic mass is 16.6. The summed E-state index contributed by atoms with van der Waals surface area (Å²) in [7, 11) is 1.75. The van der Waals surface area contributed by atoms with Crippen LogP contribution in [0.1, 0.15) is 31.9 Å². The monoisotopic (exact) mass is 321 g/mol. The Balaban J connectivity index is 1.81. The van der Waals surface area contributed by atoms with Crippen molar-refractivity contribution in [3.05, 3.63) is 15.8 Å². The summed E-state index contributed by atoms with van der Waals surface area (Å²) in [6, 6.07) is 0. The molecule has 1 aliphatic heterocycles. The maximum atomic E-state index is 12.2. The van der Waals surface area contributed by atoms with Crippen LogP contribution in [0.15, 0.2) is 0 Å². The summed E-state index contributed by atoms with van der Waals surface area (Å²) in [6.07, 6.45) is 3.37. The molecule has 0 unspecified atom stereocenters. The molecule has 2 heterocycles. The Morgan fingerprint density at radius 3 is 2.65 bits per heavy atom. The minimum Gasteiger partial charge on any atom is -0.349 e. The van der Waals surface area contributed by atoms with E-state index < -0.39 is 0 Å². The second-order valence-electron chi connectivity index (χ2n) is 6.29. The summed E-state index contributed by atoms with van der Waals surface area (Å²) in [6.45, 7) is 4.55. The lowest BCUT2D eigenvalue weighted by Gasteiger charge is -2.23. The average Bonchev–Trinajstić information content (AvgIpc) is 3.33. The molecule has 1 amide bonds. The van der Waals surface area contributed by atoms with Crippen LogP contribution in [0.25, 0.3) is 0 Å². The first-order valence-corrected chi connectivity index (χ1v) is 8.27. The molecular weight excluding hydrogens is 298 g/mol. The van der Waals surface area contributed by atoms with Crippen LogP contribution < -0.4 is 4.90 Å². The third-order valence-electron chi connectivity index (χ3n) is 4.61. The predicted octanol–water partition coefficient (Wildman–Crippen LogP) is 1.34. The molecule has 1 saturated carbocycles. The first-order valence-electron chi connectivity index (χ1n) is 8.27. The SMILES string of the molecule is CCc1nn(C)c(N2CCCN(C(=O)C3CC3)CC2)c1[N+](=O)[O-]. The minimum atomic E-state index is -0.334. The van der Waals surface area contributed by atoms with Crippen molar-refractivity contribution in [2.45, 2.75) is 32.6 Å². The molecule has 0 spiro atoms. The van der Waals surface area contributed by atoms with Crippen LogP contribution in [0.4, 0.5) is 11.5 Å². The van der Waals surface area contributed by atoms with Crippen LogP contribution in [0.2, 0.25) is 0 Å². The number of aryl methyl sites for hydroxylation is 2. The normalized spacial score (nSPS) is 18.9. The van der Waals surface area contributed by atoms with E-state index in [1.807, 2.05) is 16.7 Å². The van der Waals surface area contributed by atoms with Gasteiger partial charge in [-0.3, -0.25) is 14.9 Å². The van der Waals surface area contributed by atoms with Gasteiger partial charge in [0, 0.05) is 39.1 Å². The largest absolute Gasteiger partial charge is 0.349 e. The van der Waals surface area contributed by atoms with Crippen LogP contribution in [0.3, 0.4) is 0 Å². The van der Waals surface area contributed by atoms with Gasteiger partial charge in [0.25, 0.3) is 0 Å². The van der Waals surface area contributed by atoms with Crippen LogP contribution in [0.5, 0.6) is 0 Å². The topological polar surface area (TPSA) is 84.5 Å². The van der Waals surface area contributed by atoms with Crippen molar-refractivity contribution in [1.29, 1.82) is 0 Å².